The van der Waals surface area contributed by atoms with Crippen molar-refractivity contribution < 1.29 is 9.59 Å². The molecule has 1 atom stereocenters. The molecule has 32 heavy (non-hydrogen) atoms. The van der Waals surface area contributed by atoms with Crippen LogP contribution in [-0.4, -0.2) is 29.8 Å². The number of likely N-dealkylation sites (N-methyl/N-ethyl adjacent to an activating group) is 1. The first-order valence-electron chi connectivity index (χ1n) is 11.0. The number of amides is 2. The van der Waals surface area contributed by atoms with Gasteiger partial charge < -0.3 is 10.2 Å². The van der Waals surface area contributed by atoms with Crippen molar-refractivity contribution >= 4 is 11.8 Å². The first-order valence-corrected chi connectivity index (χ1v) is 11.0. The van der Waals surface area contributed by atoms with E-state index in [2.05, 4.69) is 11.4 Å². The molecule has 1 unspecified atom stereocenters. The number of rotatable bonds is 8. The van der Waals surface area contributed by atoms with E-state index < -0.39 is 6.04 Å². The lowest BCUT2D eigenvalue weighted by atomic mass is 10.00. The van der Waals surface area contributed by atoms with Gasteiger partial charge in [-0.05, 0) is 37.5 Å². The molecule has 0 radical (unpaired) electrons. The number of benzene rings is 3. The van der Waals surface area contributed by atoms with Gasteiger partial charge in [-0.3, -0.25) is 9.59 Å². The van der Waals surface area contributed by atoms with Crippen LogP contribution in [0.4, 0.5) is 0 Å². The Morgan fingerprint density at radius 1 is 0.781 bits per heavy atom. The number of carbonyl (C=O) groups excluding carboxylic acids is 2. The molecule has 0 bridgehead atoms. The third kappa shape index (κ3) is 6.30. The Hall–Kier alpha value is -3.40. The average molecular weight is 429 g/mol. The second-order valence-corrected chi connectivity index (χ2v) is 8.50. The van der Waals surface area contributed by atoms with Crippen LogP contribution < -0.4 is 5.32 Å². The molecule has 0 aliphatic rings. The van der Waals surface area contributed by atoms with E-state index >= 15 is 0 Å². The first kappa shape index (κ1) is 23.3. The molecule has 0 saturated carbocycles. The molecule has 0 aliphatic heterocycles. The summed E-state index contributed by atoms with van der Waals surface area (Å²) in [5, 5.41) is 2.76. The Morgan fingerprint density at radius 2 is 1.41 bits per heavy atom. The van der Waals surface area contributed by atoms with Gasteiger partial charge in [0, 0.05) is 20.0 Å². The minimum Gasteiger partial charge on any atom is -0.357 e. The molecule has 3 aromatic carbocycles. The van der Waals surface area contributed by atoms with Crippen LogP contribution in [0.25, 0.3) is 0 Å². The van der Waals surface area contributed by atoms with Crippen LogP contribution in [0.3, 0.4) is 0 Å². The van der Waals surface area contributed by atoms with Gasteiger partial charge in [-0.25, -0.2) is 0 Å². The quantitative estimate of drug-likeness (QED) is 0.573. The van der Waals surface area contributed by atoms with Crippen molar-refractivity contribution in [2.45, 2.75) is 46.2 Å². The largest absolute Gasteiger partial charge is 0.357 e. The summed E-state index contributed by atoms with van der Waals surface area (Å²) in [5.74, 6) is -0.213. The van der Waals surface area contributed by atoms with E-state index in [1.54, 1.807) is 11.9 Å². The predicted octanol–water partition coefficient (Wildman–Crippen LogP) is 4.54. The normalized spacial score (nSPS) is 11.6. The fraction of sp³-hybridized carbons (Fsp3) is 0.286. The molecule has 4 nitrogen and oxygen atoms in total. The summed E-state index contributed by atoms with van der Waals surface area (Å²) in [6, 6.07) is 23.6. The summed E-state index contributed by atoms with van der Waals surface area (Å²) in [7, 11) is 1.62. The molecule has 0 heterocycles. The third-order valence-corrected chi connectivity index (χ3v) is 5.63. The predicted molar refractivity (Wildman–Crippen MR) is 129 cm³/mol. The Morgan fingerprint density at radius 3 is 2.00 bits per heavy atom. The maximum Gasteiger partial charge on any atom is 0.242 e. The molecule has 166 valence electrons. The van der Waals surface area contributed by atoms with Crippen molar-refractivity contribution in [2.75, 3.05) is 7.05 Å². The molecule has 0 spiro atoms. The average Bonchev–Trinajstić information content (AvgIpc) is 2.76. The van der Waals surface area contributed by atoms with Crippen LogP contribution >= 0.6 is 0 Å². The van der Waals surface area contributed by atoms with Crippen LogP contribution in [0.1, 0.15) is 33.4 Å². The monoisotopic (exact) mass is 428 g/mol. The van der Waals surface area contributed by atoms with Gasteiger partial charge in [0.1, 0.15) is 6.04 Å². The van der Waals surface area contributed by atoms with E-state index in [-0.39, 0.29) is 18.2 Å². The van der Waals surface area contributed by atoms with E-state index in [1.807, 2.05) is 87.5 Å². The Bertz CT molecular complexity index is 1040. The molecule has 0 saturated heterocycles. The summed E-state index contributed by atoms with van der Waals surface area (Å²) >= 11 is 0. The van der Waals surface area contributed by atoms with E-state index in [9.17, 15) is 9.59 Å². The summed E-state index contributed by atoms with van der Waals surface area (Å²) in [4.78, 5) is 28.3. The minimum atomic E-state index is -0.595. The van der Waals surface area contributed by atoms with Crippen LogP contribution in [0, 0.1) is 20.8 Å². The Balaban J connectivity index is 1.95. The standard InChI is InChI=1S/C28H32N2O2/c1-20-10-12-24(13-11-20)19-30(27(31)18-25-15-21(2)14-22(3)16-25)26(28(32)29-4)17-23-8-6-5-7-9-23/h5-16,26H,17-19H2,1-4H3,(H,29,32). The van der Waals surface area contributed by atoms with E-state index in [1.165, 1.54) is 0 Å². The van der Waals surface area contributed by atoms with E-state index in [0.29, 0.717) is 13.0 Å². The molecule has 0 aliphatic carbocycles. The lowest BCUT2D eigenvalue weighted by Crippen LogP contribution is -2.50. The van der Waals surface area contributed by atoms with Crippen LogP contribution in [-0.2, 0) is 29.0 Å². The third-order valence-electron chi connectivity index (χ3n) is 5.63. The van der Waals surface area contributed by atoms with Crippen molar-refractivity contribution in [3.05, 3.63) is 106 Å². The zero-order chi connectivity index (χ0) is 23.1. The lowest BCUT2D eigenvalue weighted by Gasteiger charge is -2.31. The van der Waals surface area contributed by atoms with Gasteiger partial charge in [-0.15, -0.1) is 0 Å². The highest BCUT2D eigenvalue weighted by Crippen LogP contribution is 2.18. The molecular weight excluding hydrogens is 396 g/mol. The highest BCUT2D eigenvalue weighted by atomic mass is 16.2. The summed E-state index contributed by atoms with van der Waals surface area (Å²) in [6.07, 6.45) is 0.724. The summed E-state index contributed by atoms with van der Waals surface area (Å²) in [5.41, 5.74) is 6.42. The zero-order valence-corrected chi connectivity index (χ0v) is 19.4. The van der Waals surface area contributed by atoms with Gasteiger partial charge >= 0.3 is 0 Å². The smallest absolute Gasteiger partial charge is 0.242 e. The maximum atomic E-state index is 13.6. The number of carbonyl (C=O) groups is 2. The van der Waals surface area contributed by atoms with Gasteiger partial charge in [0.15, 0.2) is 0 Å². The van der Waals surface area contributed by atoms with Crippen molar-refractivity contribution in [1.82, 2.24) is 10.2 Å². The fourth-order valence-corrected chi connectivity index (χ4v) is 4.06. The molecule has 0 fully saturated rings. The Labute approximate surface area is 191 Å². The van der Waals surface area contributed by atoms with Gasteiger partial charge in [-0.2, -0.15) is 0 Å². The van der Waals surface area contributed by atoms with Crippen LogP contribution in [0.2, 0.25) is 0 Å². The summed E-state index contributed by atoms with van der Waals surface area (Å²) in [6.45, 7) is 6.49. The van der Waals surface area contributed by atoms with E-state index in [0.717, 1.165) is 33.4 Å². The molecule has 3 aromatic rings. The zero-order valence-electron chi connectivity index (χ0n) is 19.4. The SMILES string of the molecule is CNC(=O)C(Cc1ccccc1)N(Cc1ccc(C)cc1)C(=O)Cc1cc(C)cc(C)c1. The Kier molecular flexibility index (Phi) is 7.82. The van der Waals surface area contributed by atoms with Crippen LogP contribution in [0.15, 0.2) is 72.8 Å². The molecular formula is C28H32N2O2. The van der Waals surface area contributed by atoms with Crippen molar-refractivity contribution in [3.63, 3.8) is 0 Å². The molecule has 1 N–H and O–H groups in total. The second kappa shape index (κ2) is 10.8. The van der Waals surface area contributed by atoms with Gasteiger partial charge in [0.05, 0.1) is 6.42 Å². The summed E-state index contributed by atoms with van der Waals surface area (Å²) < 4.78 is 0. The number of aryl methyl sites for hydroxylation is 3. The lowest BCUT2D eigenvalue weighted by molar-refractivity contribution is -0.140. The molecule has 0 aromatic heterocycles. The second-order valence-electron chi connectivity index (χ2n) is 8.50. The number of hydrogen-bond donors (Lipinski definition) is 1. The molecule has 2 amide bonds. The van der Waals surface area contributed by atoms with E-state index in [4.69, 9.17) is 0 Å². The van der Waals surface area contributed by atoms with Gasteiger partial charge in [0.2, 0.25) is 11.8 Å². The number of hydrogen-bond acceptors (Lipinski definition) is 2. The van der Waals surface area contributed by atoms with Crippen molar-refractivity contribution in [2.24, 2.45) is 0 Å². The fourth-order valence-electron chi connectivity index (χ4n) is 4.06. The molecule has 4 heteroatoms. The molecule has 3 rings (SSSR count). The minimum absolute atomic E-state index is 0.0555. The van der Waals surface area contributed by atoms with Gasteiger partial charge in [-0.1, -0.05) is 89.5 Å². The highest BCUT2D eigenvalue weighted by molar-refractivity contribution is 5.88. The highest BCUT2D eigenvalue weighted by Gasteiger charge is 2.29. The van der Waals surface area contributed by atoms with Crippen molar-refractivity contribution in [1.29, 1.82) is 0 Å². The number of nitrogens with one attached hydrogen (secondary N) is 1. The maximum absolute atomic E-state index is 13.6. The topological polar surface area (TPSA) is 49.4 Å². The first-order chi connectivity index (χ1) is 15.4. The van der Waals surface area contributed by atoms with Crippen LogP contribution in [0.5, 0.6) is 0 Å². The van der Waals surface area contributed by atoms with Crippen molar-refractivity contribution in [3.8, 4) is 0 Å². The number of nitrogens with zero attached hydrogens (tertiary/aromatic N) is 1. The van der Waals surface area contributed by atoms with Gasteiger partial charge in [0.25, 0.3) is 0 Å².